The first-order chi connectivity index (χ1) is 15.2. The smallest absolute Gasteiger partial charge is 0.242 e. The molecule has 1 N–H and O–H groups in total. The number of carbonyl (C=O) groups excluding carboxylic acids is 2. The minimum Gasteiger partial charge on any atom is -0.383 e. The van der Waals surface area contributed by atoms with Gasteiger partial charge in [-0.3, -0.25) is 9.59 Å². The number of rotatable bonds is 12. The topological polar surface area (TPSA) is 96.0 Å². The predicted molar refractivity (Wildman–Crippen MR) is 123 cm³/mol. The molecule has 0 aliphatic heterocycles. The Kier molecular flexibility index (Phi) is 9.83. The van der Waals surface area contributed by atoms with Gasteiger partial charge in [-0.2, -0.15) is 4.31 Å². The first-order valence-electron chi connectivity index (χ1n) is 10.3. The Labute approximate surface area is 190 Å². The van der Waals surface area contributed by atoms with Crippen LogP contribution in [0, 0.1) is 0 Å². The highest BCUT2D eigenvalue weighted by Gasteiger charge is 2.29. The van der Waals surface area contributed by atoms with Gasteiger partial charge in [0.15, 0.2) is 0 Å². The maximum absolute atomic E-state index is 13.3. The molecule has 0 aromatic heterocycles. The molecular weight excluding hydrogens is 430 g/mol. The second-order valence-electron chi connectivity index (χ2n) is 7.48. The van der Waals surface area contributed by atoms with E-state index in [9.17, 15) is 18.0 Å². The normalized spacial score (nSPS) is 12.4. The minimum atomic E-state index is -3.66. The molecule has 2 aromatic rings. The Morgan fingerprint density at radius 3 is 2.00 bits per heavy atom. The summed E-state index contributed by atoms with van der Waals surface area (Å²) in [5.74, 6) is -0.787. The van der Waals surface area contributed by atoms with E-state index in [1.807, 2.05) is 48.5 Å². The van der Waals surface area contributed by atoms with Crippen LogP contribution in [0.1, 0.15) is 18.1 Å². The monoisotopic (exact) mass is 461 g/mol. The summed E-state index contributed by atoms with van der Waals surface area (Å²) in [5.41, 5.74) is 1.61. The third-order valence-corrected chi connectivity index (χ3v) is 6.15. The van der Waals surface area contributed by atoms with E-state index in [0.29, 0.717) is 13.2 Å². The van der Waals surface area contributed by atoms with E-state index in [2.05, 4.69) is 5.32 Å². The van der Waals surface area contributed by atoms with Crippen molar-refractivity contribution >= 4 is 21.8 Å². The Morgan fingerprint density at radius 2 is 1.50 bits per heavy atom. The van der Waals surface area contributed by atoms with Gasteiger partial charge in [-0.05, 0) is 18.1 Å². The van der Waals surface area contributed by atoms with Crippen molar-refractivity contribution in [1.82, 2.24) is 14.5 Å². The lowest BCUT2D eigenvalue weighted by molar-refractivity contribution is -0.140. The van der Waals surface area contributed by atoms with Gasteiger partial charge in [0.1, 0.15) is 6.04 Å². The van der Waals surface area contributed by atoms with Crippen molar-refractivity contribution in [3.63, 3.8) is 0 Å². The van der Waals surface area contributed by atoms with Crippen LogP contribution in [0.25, 0.3) is 0 Å². The molecule has 2 amide bonds. The van der Waals surface area contributed by atoms with E-state index >= 15 is 0 Å². The molecule has 0 spiro atoms. The number of ether oxygens (including phenoxy) is 1. The SMILES string of the molecule is COCCNC(=O)[C@H](C)N(Cc1ccccc1)C(=O)CN(Cc1ccccc1)S(C)(=O)=O. The van der Waals surface area contributed by atoms with Gasteiger partial charge in [0.25, 0.3) is 0 Å². The van der Waals surface area contributed by atoms with Gasteiger partial charge < -0.3 is 15.0 Å². The van der Waals surface area contributed by atoms with Crippen molar-refractivity contribution in [3.8, 4) is 0 Å². The van der Waals surface area contributed by atoms with E-state index in [1.54, 1.807) is 19.1 Å². The van der Waals surface area contributed by atoms with Gasteiger partial charge in [0, 0.05) is 26.7 Å². The molecule has 0 bridgehead atoms. The molecule has 0 saturated heterocycles. The zero-order valence-electron chi connectivity index (χ0n) is 18.7. The summed E-state index contributed by atoms with van der Waals surface area (Å²) in [6.45, 7) is 2.18. The molecule has 32 heavy (non-hydrogen) atoms. The molecule has 1 atom stereocenters. The summed E-state index contributed by atoms with van der Waals surface area (Å²) in [7, 11) is -2.12. The zero-order chi connectivity index (χ0) is 23.6. The maximum Gasteiger partial charge on any atom is 0.242 e. The quantitative estimate of drug-likeness (QED) is 0.485. The molecule has 0 radical (unpaired) electrons. The average molecular weight is 462 g/mol. The maximum atomic E-state index is 13.3. The second-order valence-corrected chi connectivity index (χ2v) is 9.47. The lowest BCUT2D eigenvalue weighted by atomic mass is 10.1. The number of nitrogens with one attached hydrogen (secondary N) is 1. The number of benzene rings is 2. The number of hydrogen-bond acceptors (Lipinski definition) is 5. The predicted octanol–water partition coefficient (Wildman–Crippen LogP) is 1.63. The number of nitrogens with zero attached hydrogens (tertiary/aromatic N) is 2. The van der Waals surface area contributed by atoms with Gasteiger partial charge >= 0.3 is 0 Å². The summed E-state index contributed by atoms with van der Waals surface area (Å²) in [5, 5.41) is 2.74. The molecular formula is C23H31N3O5S. The van der Waals surface area contributed by atoms with Gasteiger partial charge in [0.2, 0.25) is 21.8 Å². The minimum absolute atomic E-state index is 0.0685. The van der Waals surface area contributed by atoms with Crippen LogP contribution >= 0.6 is 0 Å². The molecule has 8 nitrogen and oxygen atoms in total. The van der Waals surface area contributed by atoms with Crippen LogP contribution in [-0.2, 0) is 37.4 Å². The Balaban J connectivity index is 2.23. The number of methoxy groups -OCH3 is 1. The molecule has 0 aliphatic rings. The van der Waals surface area contributed by atoms with Crippen LogP contribution in [0.2, 0.25) is 0 Å². The van der Waals surface area contributed by atoms with Crippen molar-refractivity contribution in [2.24, 2.45) is 0 Å². The Hall–Kier alpha value is -2.75. The number of amides is 2. The van der Waals surface area contributed by atoms with Gasteiger partial charge in [-0.25, -0.2) is 8.42 Å². The van der Waals surface area contributed by atoms with E-state index in [0.717, 1.165) is 21.7 Å². The lowest BCUT2D eigenvalue weighted by Gasteiger charge is -2.31. The summed E-state index contributed by atoms with van der Waals surface area (Å²) in [6.07, 6.45) is 1.08. The number of hydrogen-bond donors (Lipinski definition) is 1. The largest absolute Gasteiger partial charge is 0.383 e. The van der Waals surface area contributed by atoms with Crippen LogP contribution in [0.15, 0.2) is 60.7 Å². The van der Waals surface area contributed by atoms with Crippen molar-refractivity contribution in [1.29, 1.82) is 0 Å². The van der Waals surface area contributed by atoms with Crippen LogP contribution in [0.3, 0.4) is 0 Å². The molecule has 0 heterocycles. The lowest BCUT2D eigenvalue weighted by Crippen LogP contribution is -2.51. The molecule has 0 fully saturated rings. The van der Waals surface area contributed by atoms with E-state index in [1.165, 1.54) is 12.0 Å². The van der Waals surface area contributed by atoms with Crippen LogP contribution < -0.4 is 5.32 Å². The summed E-state index contributed by atoms with van der Waals surface area (Å²) in [6, 6.07) is 17.5. The third-order valence-electron chi connectivity index (χ3n) is 4.95. The highest BCUT2D eigenvalue weighted by atomic mass is 32.2. The fraction of sp³-hybridized carbons (Fsp3) is 0.391. The van der Waals surface area contributed by atoms with Crippen molar-refractivity contribution in [2.75, 3.05) is 33.1 Å². The Bertz CT molecular complexity index is 968. The Morgan fingerprint density at radius 1 is 0.969 bits per heavy atom. The summed E-state index contributed by atoms with van der Waals surface area (Å²) >= 11 is 0. The molecule has 9 heteroatoms. The highest BCUT2D eigenvalue weighted by molar-refractivity contribution is 7.88. The van der Waals surface area contributed by atoms with Crippen molar-refractivity contribution < 1.29 is 22.7 Å². The first kappa shape index (κ1) is 25.5. The van der Waals surface area contributed by atoms with Gasteiger partial charge in [-0.15, -0.1) is 0 Å². The van der Waals surface area contributed by atoms with E-state index in [-0.39, 0.29) is 25.5 Å². The molecule has 0 saturated carbocycles. The molecule has 0 aliphatic carbocycles. The number of carbonyl (C=O) groups is 2. The third kappa shape index (κ3) is 8.07. The van der Waals surface area contributed by atoms with E-state index in [4.69, 9.17) is 4.74 Å². The van der Waals surface area contributed by atoms with Crippen LogP contribution in [0.4, 0.5) is 0 Å². The second kappa shape index (κ2) is 12.3. The molecule has 0 unspecified atom stereocenters. The summed E-state index contributed by atoms with van der Waals surface area (Å²) < 4.78 is 30.9. The summed E-state index contributed by atoms with van der Waals surface area (Å²) in [4.78, 5) is 27.3. The standard InChI is InChI=1S/C23H31N3O5S/c1-19(23(28)24-14-15-31-2)26(17-21-12-8-5-9-13-21)22(27)18-25(32(3,29)30)16-20-10-6-4-7-11-20/h4-13,19H,14-18H2,1-3H3,(H,24,28)/t19-/m0/s1. The van der Waals surface area contributed by atoms with E-state index < -0.39 is 22.0 Å². The molecule has 2 aromatic carbocycles. The van der Waals surface area contributed by atoms with Crippen LogP contribution in [-0.4, -0.2) is 68.5 Å². The zero-order valence-corrected chi connectivity index (χ0v) is 19.5. The fourth-order valence-corrected chi connectivity index (χ4v) is 3.83. The fourth-order valence-electron chi connectivity index (χ4n) is 3.11. The van der Waals surface area contributed by atoms with Crippen molar-refractivity contribution in [3.05, 3.63) is 71.8 Å². The highest BCUT2D eigenvalue weighted by Crippen LogP contribution is 2.13. The van der Waals surface area contributed by atoms with Crippen molar-refractivity contribution in [2.45, 2.75) is 26.1 Å². The van der Waals surface area contributed by atoms with Gasteiger partial charge in [0.05, 0.1) is 19.4 Å². The first-order valence-corrected chi connectivity index (χ1v) is 12.2. The van der Waals surface area contributed by atoms with Gasteiger partial charge in [-0.1, -0.05) is 60.7 Å². The number of sulfonamides is 1. The average Bonchev–Trinajstić information content (AvgIpc) is 2.77. The molecule has 174 valence electrons. The molecule has 2 rings (SSSR count). The van der Waals surface area contributed by atoms with Crippen LogP contribution in [0.5, 0.6) is 0 Å².